The molecule has 0 bridgehead atoms. The van der Waals surface area contributed by atoms with Gasteiger partial charge in [-0.1, -0.05) is 25.8 Å². The molecular weight excluding hydrogens is 218 g/mol. The number of nitrogens with one attached hydrogen (secondary N) is 1. The Morgan fingerprint density at radius 2 is 2.41 bits per heavy atom. The van der Waals surface area contributed by atoms with Crippen LogP contribution in [0.3, 0.4) is 0 Å². The van der Waals surface area contributed by atoms with Gasteiger partial charge in [-0.3, -0.25) is 0 Å². The fraction of sp³-hybridized carbons (Fsp3) is 0.769. The van der Waals surface area contributed by atoms with Crippen molar-refractivity contribution in [1.29, 1.82) is 0 Å². The van der Waals surface area contributed by atoms with Gasteiger partial charge in [0.1, 0.15) is 0 Å². The van der Waals surface area contributed by atoms with Gasteiger partial charge < -0.3 is 15.2 Å². The average molecular weight is 239 g/mol. The van der Waals surface area contributed by atoms with Crippen LogP contribution in [0.4, 0.5) is 4.79 Å². The van der Waals surface area contributed by atoms with Crippen molar-refractivity contribution in [2.45, 2.75) is 57.1 Å². The molecule has 1 amide bonds. The number of hydrogen-bond donors (Lipinski definition) is 2. The Morgan fingerprint density at radius 3 is 3.12 bits per heavy atom. The van der Waals surface area contributed by atoms with E-state index < -0.39 is 5.60 Å². The van der Waals surface area contributed by atoms with E-state index in [1.807, 2.05) is 6.08 Å². The molecule has 1 aliphatic heterocycles. The van der Waals surface area contributed by atoms with Crippen LogP contribution in [0.1, 0.15) is 45.4 Å². The highest BCUT2D eigenvalue weighted by molar-refractivity contribution is 5.72. The molecule has 96 valence electrons. The second-order valence-electron chi connectivity index (χ2n) is 4.88. The standard InChI is InChI=1S/C13H21NO3/c1-2-3-4-8-13-10(7-9-15)5-6-11(13)14-12(16)17-13/h7,11,15H,2-6,8-9H2,1H3,(H,14,16)/b10-7+/t11-,13+/m1/s1. The minimum Gasteiger partial charge on any atom is -0.436 e. The Kier molecular flexibility index (Phi) is 3.72. The Labute approximate surface area is 102 Å². The molecule has 0 aromatic heterocycles. The summed E-state index contributed by atoms with van der Waals surface area (Å²) < 4.78 is 5.56. The quantitative estimate of drug-likeness (QED) is 0.570. The molecule has 2 fully saturated rings. The van der Waals surface area contributed by atoms with Crippen molar-refractivity contribution < 1.29 is 14.6 Å². The number of rotatable bonds is 5. The first-order valence-electron chi connectivity index (χ1n) is 6.53. The van der Waals surface area contributed by atoms with Crippen LogP contribution in [0, 0.1) is 0 Å². The molecule has 2 N–H and O–H groups in total. The van der Waals surface area contributed by atoms with Gasteiger partial charge >= 0.3 is 6.09 Å². The molecular formula is C13H21NO3. The maximum absolute atomic E-state index is 11.4. The fourth-order valence-electron chi connectivity index (χ4n) is 3.04. The highest BCUT2D eigenvalue weighted by Gasteiger charge is 2.54. The predicted molar refractivity (Wildman–Crippen MR) is 64.7 cm³/mol. The van der Waals surface area contributed by atoms with E-state index in [2.05, 4.69) is 12.2 Å². The zero-order valence-corrected chi connectivity index (χ0v) is 10.4. The van der Waals surface area contributed by atoms with E-state index in [4.69, 9.17) is 9.84 Å². The lowest BCUT2D eigenvalue weighted by molar-refractivity contribution is 0.0679. The molecule has 1 heterocycles. The number of carbonyl (C=O) groups is 1. The number of fused-ring (bicyclic) bond motifs is 1. The van der Waals surface area contributed by atoms with Crippen molar-refractivity contribution in [3.05, 3.63) is 11.6 Å². The number of unbranched alkanes of at least 4 members (excludes halogenated alkanes) is 2. The van der Waals surface area contributed by atoms with Gasteiger partial charge in [0.05, 0.1) is 12.6 Å². The minimum atomic E-state index is -0.463. The summed E-state index contributed by atoms with van der Waals surface area (Å²) in [5.41, 5.74) is 0.633. The lowest BCUT2D eigenvalue weighted by atomic mass is 9.87. The molecule has 4 heteroatoms. The second-order valence-corrected chi connectivity index (χ2v) is 4.88. The van der Waals surface area contributed by atoms with Crippen molar-refractivity contribution in [3.8, 4) is 0 Å². The van der Waals surface area contributed by atoms with Crippen molar-refractivity contribution in [2.75, 3.05) is 6.61 Å². The van der Waals surface area contributed by atoms with Crippen LogP contribution >= 0.6 is 0 Å². The van der Waals surface area contributed by atoms with Crippen LogP contribution in [-0.2, 0) is 4.74 Å². The Bertz CT molecular complexity index is 327. The summed E-state index contributed by atoms with van der Waals surface area (Å²) in [7, 11) is 0. The SMILES string of the molecule is CCCCC[C@@]12OC(=O)N[C@@H]1CC/C2=C\CO. The lowest BCUT2D eigenvalue weighted by Crippen LogP contribution is -2.40. The number of alkyl carbamates (subject to hydrolysis) is 1. The number of carbonyl (C=O) groups excluding carboxylic acids is 1. The molecule has 2 aliphatic rings. The summed E-state index contributed by atoms with van der Waals surface area (Å²) >= 11 is 0. The van der Waals surface area contributed by atoms with E-state index in [0.717, 1.165) is 44.1 Å². The van der Waals surface area contributed by atoms with E-state index in [1.54, 1.807) is 0 Å². The van der Waals surface area contributed by atoms with E-state index in [-0.39, 0.29) is 18.7 Å². The van der Waals surface area contributed by atoms with Crippen LogP contribution in [0.15, 0.2) is 11.6 Å². The topological polar surface area (TPSA) is 58.6 Å². The molecule has 1 saturated carbocycles. The zero-order valence-electron chi connectivity index (χ0n) is 10.4. The first-order chi connectivity index (χ1) is 8.23. The van der Waals surface area contributed by atoms with Crippen LogP contribution in [-0.4, -0.2) is 29.4 Å². The van der Waals surface area contributed by atoms with Gasteiger partial charge in [-0.25, -0.2) is 4.79 Å². The van der Waals surface area contributed by atoms with Crippen LogP contribution in [0.25, 0.3) is 0 Å². The highest BCUT2D eigenvalue weighted by Crippen LogP contribution is 2.45. The van der Waals surface area contributed by atoms with Crippen molar-refractivity contribution in [2.24, 2.45) is 0 Å². The normalized spacial score (nSPS) is 33.6. The summed E-state index contributed by atoms with van der Waals surface area (Å²) in [5.74, 6) is 0. The maximum atomic E-state index is 11.4. The molecule has 0 unspecified atom stereocenters. The molecule has 2 atom stereocenters. The summed E-state index contributed by atoms with van der Waals surface area (Å²) in [6.45, 7) is 2.18. The summed E-state index contributed by atoms with van der Waals surface area (Å²) in [4.78, 5) is 11.4. The molecule has 2 rings (SSSR count). The van der Waals surface area contributed by atoms with E-state index in [0.29, 0.717) is 0 Å². The van der Waals surface area contributed by atoms with Gasteiger partial charge in [-0.2, -0.15) is 0 Å². The molecule has 0 aromatic rings. The number of aliphatic hydroxyl groups is 1. The molecule has 0 aromatic carbocycles. The minimum absolute atomic E-state index is 0.0229. The van der Waals surface area contributed by atoms with Crippen molar-refractivity contribution >= 4 is 6.09 Å². The number of hydrogen-bond acceptors (Lipinski definition) is 3. The van der Waals surface area contributed by atoms with Crippen LogP contribution < -0.4 is 5.32 Å². The van der Waals surface area contributed by atoms with E-state index in [1.165, 1.54) is 0 Å². The van der Waals surface area contributed by atoms with Crippen molar-refractivity contribution in [1.82, 2.24) is 5.32 Å². The largest absolute Gasteiger partial charge is 0.436 e. The predicted octanol–water partition coefficient (Wildman–Crippen LogP) is 2.13. The number of aliphatic hydroxyl groups excluding tert-OH is 1. The van der Waals surface area contributed by atoms with Gasteiger partial charge in [-0.05, 0) is 31.3 Å². The molecule has 4 nitrogen and oxygen atoms in total. The number of ether oxygens (including phenoxy) is 1. The first kappa shape index (κ1) is 12.4. The Morgan fingerprint density at radius 1 is 1.59 bits per heavy atom. The summed E-state index contributed by atoms with van der Waals surface area (Å²) in [6.07, 6.45) is 7.57. The molecule has 1 aliphatic carbocycles. The third-order valence-electron chi connectivity index (χ3n) is 3.87. The molecule has 1 saturated heterocycles. The number of amides is 1. The van der Waals surface area contributed by atoms with E-state index in [9.17, 15) is 4.79 Å². The average Bonchev–Trinajstić information content (AvgIpc) is 2.76. The van der Waals surface area contributed by atoms with Crippen LogP contribution in [0.5, 0.6) is 0 Å². The third-order valence-corrected chi connectivity index (χ3v) is 3.87. The van der Waals surface area contributed by atoms with Gasteiger partial charge in [0.25, 0.3) is 0 Å². The summed E-state index contributed by atoms with van der Waals surface area (Å²) in [6, 6.07) is 0.102. The first-order valence-corrected chi connectivity index (χ1v) is 6.53. The van der Waals surface area contributed by atoms with Gasteiger partial charge in [0.15, 0.2) is 5.60 Å². The van der Waals surface area contributed by atoms with Gasteiger partial charge in [-0.15, -0.1) is 0 Å². The fourth-order valence-corrected chi connectivity index (χ4v) is 3.04. The Hall–Kier alpha value is -1.03. The third kappa shape index (κ3) is 2.18. The monoisotopic (exact) mass is 239 g/mol. The van der Waals surface area contributed by atoms with Gasteiger partial charge in [0.2, 0.25) is 0 Å². The highest BCUT2D eigenvalue weighted by atomic mass is 16.6. The zero-order chi connectivity index (χ0) is 12.3. The van der Waals surface area contributed by atoms with Crippen molar-refractivity contribution in [3.63, 3.8) is 0 Å². The lowest BCUT2D eigenvalue weighted by Gasteiger charge is -2.28. The Balaban J connectivity index is 2.15. The summed E-state index contributed by atoms with van der Waals surface area (Å²) in [5, 5.41) is 11.9. The van der Waals surface area contributed by atoms with Gasteiger partial charge in [0, 0.05) is 0 Å². The smallest absolute Gasteiger partial charge is 0.408 e. The van der Waals surface area contributed by atoms with E-state index >= 15 is 0 Å². The second kappa shape index (κ2) is 5.08. The molecule has 0 spiro atoms. The van der Waals surface area contributed by atoms with Crippen LogP contribution in [0.2, 0.25) is 0 Å². The maximum Gasteiger partial charge on any atom is 0.408 e. The molecule has 17 heavy (non-hydrogen) atoms. The molecule has 0 radical (unpaired) electrons.